The van der Waals surface area contributed by atoms with Crippen molar-refractivity contribution in [3.8, 4) is 5.75 Å². The van der Waals surface area contributed by atoms with Crippen LogP contribution in [0.25, 0.3) is 0 Å². The van der Waals surface area contributed by atoms with Crippen LogP contribution >= 0.6 is 0 Å². The molecule has 6 heteroatoms. The molecule has 0 saturated heterocycles. The van der Waals surface area contributed by atoms with Crippen molar-refractivity contribution >= 4 is 0 Å². The van der Waals surface area contributed by atoms with E-state index >= 15 is 0 Å². The molecule has 1 heterocycles. The summed E-state index contributed by atoms with van der Waals surface area (Å²) in [4.78, 5) is 3.85. The Morgan fingerprint density at radius 1 is 1.47 bits per heavy atom. The van der Waals surface area contributed by atoms with Gasteiger partial charge in [-0.05, 0) is 19.5 Å². The van der Waals surface area contributed by atoms with Gasteiger partial charge in [-0.3, -0.25) is 0 Å². The molecular formula is C13H16FN3O2. The topological polar surface area (TPSA) is 60.2 Å². The number of halogens is 1. The highest BCUT2D eigenvalue weighted by molar-refractivity contribution is 5.36. The fraction of sp³-hybridized carbons (Fsp3) is 0.385. The molecule has 0 radical (unpaired) electrons. The van der Waals surface area contributed by atoms with Gasteiger partial charge in [-0.25, -0.2) is 4.39 Å². The molecule has 1 aromatic heterocycles. The number of ether oxygens (including phenoxy) is 1. The zero-order valence-electron chi connectivity index (χ0n) is 10.9. The second-order valence-electron chi connectivity index (χ2n) is 4.10. The average Bonchev–Trinajstić information content (AvgIpc) is 2.89. The first-order valence-corrected chi connectivity index (χ1v) is 6.11. The maximum atomic E-state index is 13.3. The predicted molar refractivity (Wildman–Crippen MR) is 67.1 cm³/mol. The van der Waals surface area contributed by atoms with Crippen LogP contribution < -0.4 is 10.1 Å². The molecule has 2 rings (SSSR count). The quantitative estimate of drug-likeness (QED) is 0.869. The van der Waals surface area contributed by atoms with E-state index in [0.717, 1.165) is 12.1 Å². The van der Waals surface area contributed by atoms with E-state index in [1.54, 1.807) is 6.07 Å². The third kappa shape index (κ3) is 3.51. The van der Waals surface area contributed by atoms with Gasteiger partial charge in [0, 0.05) is 17.7 Å². The molecule has 0 aliphatic carbocycles. The van der Waals surface area contributed by atoms with Crippen molar-refractivity contribution in [1.82, 2.24) is 15.5 Å². The summed E-state index contributed by atoms with van der Waals surface area (Å²) in [6, 6.07) is 4.58. The highest BCUT2D eigenvalue weighted by Crippen LogP contribution is 2.26. The Bertz CT molecular complexity index is 517. The first-order valence-electron chi connectivity index (χ1n) is 6.11. The minimum absolute atomic E-state index is 0.0749. The molecule has 0 spiro atoms. The van der Waals surface area contributed by atoms with Crippen molar-refractivity contribution in [2.24, 2.45) is 0 Å². The number of rotatable bonds is 6. The summed E-state index contributed by atoms with van der Waals surface area (Å²) in [5.74, 6) is 0.570. The molecule has 5 nitrogen and oxygen atoms in total. The molecule has 0 fully saturated rings. The Hall–Kier alpha value is -1.95. The maximum Gasteiger partial charge on any atom is 0.213 e. The van der Waals surface area contributed by atoms with Crippen LogP contribution in [0.5, 0.6) is 5.75 Å². The molecule has 0 amide bonds. The molecule has 1 N–H and O–H groups in total. The third-order valence-electron chi connectivity index (χ3n) is 2.72. The van der Waals surface area contributed by atoms with E-state index in [-0.39, 0.29) is 18.5 Å². The second kappa shape index (κ2) is 6.29. The molecule has 19 heavy (non-hydrogen) atoms. The Kier molecular flexibility index (Phi) is 4.46. The van der Waals surface area contributed by atoms with E-state index in [1.165, 1.54) is 18.5 Å². The van der Waals surface area contributed by atoms with Crippen LogP contribution in [0.1, 0.15) is 31.3 Å². The summed E-state index contributed by atoms with van der Waals surface area (Å²) < 4.78 is 23.5. The van der Waals surface area contributed by atoms with Gasteiger partial charge in [0.15, 0.2) is 6.61 Å². The van der Waals surface area contributed by atoms with Gasteiger partial charge in [-0.15, -0.1) is 0 Å². The van der Waals surface area contributed by atoms with Crippen molar-refractivity contribution < 1.29 is 13.7 Å². The second-order valence-corrected chi connectivity index (χ2v) is 4.10. The normalized spacial score (nSPS) is 12.4. The zero-order chi connectivity index (χ0) is 13.7. The lowest BCUT2D eigenvalue weighted by Gasteiger charge is -2.17. The van der Waals surface area contributed by atoms with Crippen LogP contribution in [0.3, 0.4) is 0 Å². The van der Waals surface area contributed by atoms with E-state index in [9.17, 15) is 4.39 Å². The van der Waals surface area contributed by atoms with Gasteiger partial charge in [-0.2, -0.15) is 4.98 Å². The van der Waals surface area contributed by atoms with Gasteiger partial charge >= 0.3 is 0 Å². The lowest BCUT2D eigenvalue weighted by Crippen LogP contribution is -2.18. The molecule has 1 aromatic carbocycles. The van der Waals surface area contributed by atoms with Crippen LogP contribution in [0.2, 0.25) is 0 Å². The average molecular weight is 265 g/mol. The Balaban J connectivity index is 2.14. The molecule has 0 saturated carbocycles. The first kappa shape index (κ1) is 13.5. The number of hydrogen-bond acceptors (Lipinski definition) is 5. The van der Waals surface area contributed by atoms with Crippen molar-refractivity contribution in [2.45, 2.75) is 26.5 Å². The van der Waals surface area contributed by atoms with Gasteiger partial charge in [0.05, 0.1) is 0 Å². The molecule has 1 atom stereocenters. The smallest absolute Gasteiger partial charge is 0.213 e. The highest BCUT2D eigenvalue weighted by atomic mass is 19.1. The largest absolute Gasteiger partial charge is 0.485 e. The fourth-order valence-electron chi connectivity index (χ4n) is 1.81. The number of hydrogen-bond donors (Lipinski definition) is 1. The zero-order valence-corrected chi connectivity index (χ0v) is 10.9. The summed E-state index contributed by atoms with van der Waals surface area (Å²) in [5, 5.41) is 6.91. The van der Waals surface area contributed by atoms with Crippen molar-refractivity contribution in [1.29, 1.82) is 0 Å². The van der Waals surface area contributed by atoms with Crippen LogP contribution in [0.15, 0.2) is 29.1 Å². The summed E-state index contributed by atoms with van der Waals surface area (Å²) in [6.45, 7) is 4.98. The maximum absolute atomic E-state index is 13.3. The Morgan fingerprint density at radius 3 is 3.00 bits per heavy atom. The summed E-state index contributed by atoms with van der Waals surface area (Å²) in [6.07, 6.45) is 1.23. The van der Waals surface area contributed by atoms with E-state index in [1.807, 2.05) is 13.8 Å². The first-order chi connectivity index (χ1) is 9.20. The van der Waals surface area contributed by atoms with Gasteiger partial charge in [-0.1, -0.05) is 18.1 Å². The molecule has 0 aliphatic rings. The van der Waals surface area contributed by atoms with Crippen molar-refractivity contribution in [3.63, 3.8) is 0 Å². The molecule has 0 aliphatic heterocycles. The Labute approximate surface area is 110 Å². The lowest BCUT2D eigenvalue weighted by atomic mass is 10.1. The SMILES string of the molecule is CCNC(C)c1ccc(F)cc1OCc1ncon1. The van der Waals surface area contributed by atoms with Gasteiger partial charge in [0.25, 0.3) is 0 Å². The summed E-state index contributed by atoms with van der Waals surface area (Å²) in [7, 11) is 0. The van der Waals surface area contributed by atoms with Crippen LogP contribution in [0.4, 0.5) is 4.39 Å². The molecule has 0 bridgehead atoms. The number of aromatic nitrogens is 2. The Morgan fingerprint density at radius 2 is 2.32 bits per heavy atom. The fourth-order valence-corrected chi connectivity index (χ4v) is 1.81. The van der Waals surface area contributed by atoms with Gasteiger partial charge < -0.3 is 14.6 Å². The van der Waals surface area contributed by atoms with Crippen molar-refractivity contribution in [2.75, 3.05) is 6.54 Å². The predicted octanol–water partition coefficient (Wildman–Crippen LogP) is 2.46. The van der Waals surface area contributed by atoms with E-state index < -0.39 is 0 Å². The third-order valence-corrected chi connectivity index (χ3v) is 2.72. The van der Waals surface area contributed by atoms with Crippen molar-refractivity contribution in [3.05, 3.63) is 41.8 Å². The van der Waals surface area contributed by atoms with E-state index in [4.69, 9.17) is 4.74 Å². The van der Waals surface area contributed by atoms with E-state index in [2.05, 4.69) is 20.0 Å². The van der Waals surface area contributed by atoms with Crippen LogP contribution in [-0.2, 0) is 6.61 Å². The van der Waals surface area contributed by atoms with Gasteiger partial charge in [0.1, 0.15) is 11.6 Å². The van der Waals surface area contributed by atoms with Gasteiger partial charge in [0.2, 0.25) is 12.2 Å². The summed E-state index contributed by atoms with van der Waals surface area (Å²) >= 11 is 0. The highest BCUT2D eigenvalue weighted by Gasteiger charge is 2.12. The minimum Gasteiger partial charge on any atom is -0.485 e. The monoisotopic (exact) mass is 265 g/mol. The minimum atomic E-state index is -0.337. The van der Waals surface area contributed by atoms with Crippen LogP contribution in [-0.4, -0.2) is 16.7 Å². The molecule has 1 unspecified atom stereocenters. The summed E-state index contributed by atoms with van der Waals surface area (Å²) in [5.41, 5.74) is 0.895. The van der Waals surface area contributed by atoms with E-state index in [0.29, 0.717) is 11.6 Å². The standard InChI is InChI=1S/C13H16FN3O2/c1-3-15-9(2)11-5-4-10(14)6-12(11)18-7-13-16-8-19-17-13/h4-6,8-9,15H,3,7H2,1-2H3. The molecular weight excluding hydrogens is 249 g/mol. The van der Waals surface area contributed by atoms with Crippen LogP contribution in [0, 0.1) is 5.82 Å². The number of nitrogens with zero attached hydrogens (tertiary/aromatic N) is 2. The molecule has 102 valence electrons. The number of benzene rings is 1. The number of nitrogens with one attached hydrogen (secondary N) is 1. The lowest BCUT2D eigenvalue weighted by molar-refractivity contribution is 0.280. The molecule has 2 aromatic rings.